The number of nitrogens with zero attached hydrogens (tertiary/aromatic N) is 2. The van der Waals surface area contributed by atoms with Gasteiger partial charge in [0.05, 0.1) is 0 Å². The van der Waals surface area contributed by atoms with Gasteiger partial charge in [-0.15, -0.1) is 0 Å². The third kappa shape index (κ3) is 2.70. The second kappa shape index (κ2) is 4.94. The fraction of sp³-hybridized carbons (Fsp3) is 0.833. The number of piperidine rings is 1. The molecule has 0 bridgehead atoms. The number of carbonyl (C=O) groups excluding carboxylic acids is 1. The van der Waals surface area contributed by atoms with Gasteiger partial charge in [0.2, 0.25) is 5.91 Å². The van der Waals surface area contributed by atoms with Crippen LogP contribution < -0.4 is 5.73 Å². The van der Waals surface area contributed by atoms with Crippen molar-refractivity contribution < 1.29 is 10.0 Å². The number of oxime groups is 1. The highest BCUT2D eigenvalue weighted by Gasteiger charge is 2.36. The molecule has 1 aliphatic carbocycles. The van der Waals surface area contributed by atoms with Gasteiger partial charge in [0.25, 0.3) is 0 Å². The molecule has 17 heavy (non-hydrogen) atoms. The summed E-state index contributed by atoms with van der Waals surface area (Å²) in [6.07, 6.45) is 4.20. The van der Waals surface area contributed by atoms with E-state index < -0.39 is 0 Å². The highest BCUT2D eigenvalue weighted by molar-refractivity contribution is 5.84. The van der Waals surface area contributed by atoms with E-state index in [0.717, 1.165) is 19.4 Å². The summed E-state index contributed by atoms with van der Waals surface area (Å²) in [4.78, 5) is 14.1. The van der Waals surface area contributed by atoms with Gasteiger partial charge in [-0.3, -0.25) is 4.79 Å². The van der Waals surface area contributed by atoms with Crippen LogP contribution in [-0.2, 0) is 4.79 Å². The minimum atomic E-state index is 0.0177. The van der Waals surface area contributed by atoms with Crippen LogP contribution in [0.3, 0.4) is 0 Å². The van der Waals surface area contributed by atoms with E-state index in [1.54, 1.807) is 0 Å². The zero-order chi connectivity index (χ0) is 12.4. The third-order valence-electron chi connectivity index (χ3n) is 3.99. The summed E-state index contributed by atoms with van der Waals surface area (Å²) in [6.45, 7) is 3.43. The first-order chi connectivity index (χ1) is 8.13. The van der Waals surface area contributed by atoms with Crippen molar-refractivity contribution >= 4 is 11.7 Å². The number of rotatable bonds is 3. The second-order valence-corrected chi connectivity index (χ2v) is 5.27. The predicted octanol–water partition coefficient (Wildman–Crippen LogP) is 1.02. The van der Waals surface area contributed by atoms with Crippen LogP contribution in [0.2, 0.25) is 0 Å². The zero-order valence-electron chi connectivity index (χ0n) is 10.3. The van der Waals surface area contributed by atoms with Crippen molar-refractivity contribution in [2.24, 2.45) is 28.6 Å². The molecule has 3 N–H and O–H groups in total. The maximum absolute atomic E-state index is 12.2. The van der Waals surface area contributed by atoms with Gasteiger partial charge in [-0.2, -0.15) is 0 Å². The molecule has 2 fully saturated rings. The minimum Gasteiger partial charge on any atom is -0.409 e. The lowest BCUT2D eigenvalue weighted by molar-refractivity contribution is -0.137. The Morgan fingerprint density at radius 3 is 2.76 bits per heavy atom. The van der Waals surface area contributed by atoms with Crippen LogP contribution in [0, 0.1) is 17.8 Å². The molecule has 2 atom stereocenters. The average Bonchev–Trinajstić information content (AvgIpc) is 3.20. The molecule has 5 nitrogen and oxygen atoms in total. The summed E-state index contributed by atoms with van der Waals surface area (Å²) in [6, 6.07) is 0. The first kappa shape index (κ1) is 12.2. The van der Waals surface area contributed by atoms with Gasteiger partial charge in [-0.05, 0) is 31.6 Å². The van der Waals surface area contributed by atoms with E-state index in [-0.39, 0.29) is 23.6 Å². The lowest BCUT2D eigenvalue weighted by atomic mass is 9.95. The highest BCUT2D eigenvalue weighted by atomic mass is 16.4. The first-order valence-corrected chi connectivity index (χ1v) is 6.39. The standard InChI is InChI=1S/C12H21N3O2/c1-8(9-4-5-9)12(16)15-6-2-3-10(7-15)11(13)14-17/h8-10,17H,2-7H2,1H3,(H2,13,14). The number of amidine groups is 1. The average molecular weight is 239 g/mol. The summed E-state index contributed by atoms with van der Waals surface area (Å²) < 4.78 is 0. The summed E-state index contributed by atoms with van der Waals surface area (Å²) in [5, 5.41) is 11.7. The van der Waals surface area contributed by atoms with E-state index in [1.165, 1.54) is 12.8 Å². The van der Waals surface area contributed by atoms with Gasteiger partial charge in [0.1, 0.15) is 5.84 Å². The van der Waals surface area contributed by atoms with Crippen LogP contribution >= 0.6 is 0 Å². The number of hydrogen-bond acceptors (Lipinski definition) is 3. The van der Waals surface area contributed by atoms with E-state index in [0.29, 0.717) is 12.5 Å². The summed E-state index contributed by atoms with van der Waals surface area (Å²) in [5.74, 6) is 1.24. The van der Waals surface area contributed by atoms with Crippen LogP contribution in [0.15, 0.2) is 5.16 Å². The molecule has 1 aliphatic heterocycles. The van der Waals surface area contributed by atoms with Gasteiger partial charge < -0.3 is 15.8 Å². The van der Waals surface area contributed by atoms with E-state index in [9.17, 15) is 4.79 Å². The summed E-state index contributed by atoms with van der Waals surface area (Å²) in [5.41, 5.74) is 5.62. The largest absolute Gasteiger partial charge is 0.409 e. The molecule has 0 radical (unpaired) electrons. The Hall–Kier alpha value is -1.26. The number of likely N-dealkylation sites (tertiary alicyclic amines) is 1. The van der Waals surface area contributed by atoms with Crippen molar-refractivity contribution in [1.82, 2.24) is 4.90 Å². The molecular formula is C12H21N3O2. The SMILES string of the molecule is CC(C(=O)N1CCCC(C(N)=NO)C1)C1CC1. The zero-order valence-corrected chi connectivity index (χ0v) is 10.3. The molecule has 0 spiro atoms. The van der Waals surface area contributed by atoms with Gasteiger partial charge >= 0.3 is 0 Å². The van der Waals surface area contributed by atoms with Crippen LogP contribution in [0.4, 0.5) is 0 Å². The lowest BCUT2D eigenvalue weighted by Crippen LogP contribution is -2.46. The summed E-state index contributed by atoms with van der Waals surface area (Å²) in [7, 11) is 0. The molecule has 2 rings (SSSR count). The normalized spacial score (nSPS) is 27.9. The molecule has 1 heterocycles. The Balaban J connectivity index is 1.94. The van der Waals surface area contributed by atoms with Crippen LogP contribution in [0.5, 0.6) is 0 Å². The van der Waals surface area contributed by atoms with Crippen LogP contribution in [-0.4, -0.2) is 34.9 Å². The maximum atomic E-state index is 12.2. The fourth-order valence-corrected chi connectivity index (χ4v) is 2.59. The van der Waals surface area contributed by atoms with Crippen molar-refractivity contribution in [2.75, 3.05) is 13.1 Å². The fourth-order valence-electron chi connectivity index (χ4n) is 2.59. The Morgan fingerprint density at radius 1 is 1.47 bits per heavy atom. The Morgan fingerprint density at radius 2 is 2.18 bits per heavy atom. The Labute approximate surface area is 102 Å². The molecule has 5 heteroatoms. The number of nitrogens with two attached hydrogens (primary N) is 1. The molecule has 2 unspecified atom stereocenters. The topological polar surface area (TPSA) is 78.9 Å². The van der Waals surface area contributed by atoms with Crippen molar-refractivity contribution in [3.05, 3.63) is 0 Å². The van der Waals surface area contributed by atoms with Crippen LogP contribution in [0.25, 0.3) is 0 Å². The number of amides is 1. The van der Waals surface area contributed by atoms with E-state index in [2.05, 4.69) is 5.16 Å². The van der Waals surface area contributed by atoms with Gasteiger partial charge in [0.15, 0.2) is 0 Å². The number of hydrogen-bond donors (Lipinski definition) is 2. The maximum Gasteiger partial charge on any atom is 0.225 e. The number of carbonyl (C=O) groups is 1. The second-order valence-electron chi connectivity index (χ2n) is 5.27. The van der Waals surface area contributed by atoms with E-state index >= 15 is 0 Å². The molecule has 1 saturated heterocycles. The molecule has 2 aliphatic rings. The minimum absolute atomic E-state index is 0.0177. The Kier molecular flexibility index (Phi) is 3.54. The molecule has 0 aromatic carbocycles. The quantitative estimate of drug-likeness (QED) is 0.334. The van der Waals surface area contributed by atoms with Gasteiger partial charge in [-0.25, -0.2) is 0 Å². The first-order valence-electron chi connectivity index (χ1n) is 6.39. The lowest BCUT2D eigenvalue weighted by Gasteiger charge is -2.33. The van der Waals surface area contributed by atoms with E-state index in [4.69, 9.17) is 10.9 Å². The molecular weight excluding hydrogens is 218 g/mol. The highest BCUT2D eigenvalue weighted by Crippen LogP contribution is 2.37. The predicted molar refractivity (Wildman–Crippen MR) is 64.6 cm³/mol. The van der Waals surface area contributed by atoms with Crippen LogP contribution in [0.1, 0.15) is 32.6 Å². The smallest absolute Gasteiger partial charge is 0.225 e. The monoisotopic (exact) mass is 239 g/mol. The van der Waals surface area contributed by atoms with Crippen molar-refractivity contribution in [1.29, 1.82) is 0 Å². The molecule has 1 saturated carbocycles. The third-order valence-corrected chi connectivity index (χ3v) is 3.99. The van der Waals surface area contributed by atoms with Crippen molar-refractivity contribution in [2.45, 2.75) is 32.6 Å². The van der Waals surface area contributed by atoms with Gasteiger partial charge in [-0.1, -0.05) is 12.1 Å². The Bertz CT molecular complexity index is 326. The van der Waals surface area contributed by atoms with E-state index in [1.807, 2.05) is 11.8 Å². The molecule has 96 valence electrons. The molecule has 0 aromatic rings. The summed E-state index contributed by atoms with van der Waals surface area (Å²) >= 11 is 0. The van der Waals surface area contributed by atoms with Gasteiger partial charge in [0, 0.05) is 24.9 Å². The van der Waals surface area contributed by atoms with Crippen molar-refractivity contribution in [3.8, 4) is 0 Å². The molecule has 1 amide bonds. The molecule has 0 aromatic heterocycles. The van der Waals surface area contributed by atoms with Crippen molar-refractivity contribution in [3.63, 3.8) is 0 Å².